The molecule has 0 saturated heterocycles. The number of ether oxygens (including phenoxy) is 1. The van der Waals surface area contributed by atoms with E-state index in [0.29, 0.717) is 6.54 Å². The summed E-state index contributed by atoms with van der Waals surface area (Å²) in [5.41, 5.74) is 7.69. The Morgan fingerprint density at radius 3 is 2.71 bits per heavy atom. The van der Waals surface area contributed by atoms with E-state index in [1.165, 1.54) is 0 Å². The van der Waals surface area contributed by atoms with E-state index in [0.717, 1.165) is 16.9 Å². The molecule has 0 aliphatic carbocycles. The number of aliphatic hydroxyl groups is 1. The fourth-order valence-corrected chi connectivity index (χ4v) is 1.59. The summed E-state index contributed by atoms with van der Waals surface area (Å²) in [5, 5.41) is 9.15. The van der Waals surface area contributed by atoms with Crippen LogP contribution in [-0.4, -0.2) is 25.4 Å². The van der Waals surface area contributed by atoms with Gasteiger partial charge < -0.3 is 15.6 Å². The molecule has 0 spiro atoms. The van der Waals surface area contributed by atoms with Crippen LogP contribution in [0.2, 0.25) is 0 Å². The van der Waals surface area contributed by atoms with E-state index in [4.69, 9.17) is 15.6 Å². The van der Waals surface area contributed by atoms with Crippen molar-refractivity contribution < 1.29 is 9.84 Å². The van der Waals surface area contributed by atoms with Crippen molar-refractivity contribution in [2.45, 2.75) is 12.8 Å². The van der Waals surface area contributed by atoms with Crippen molar-refractivity contribution in [1.29, 1.82) is 0 Å². The Labute approximate surface area is 84.5 Å². The van der Waals surface area contributed by atoms with E-state index in [9.17, 15) is 0 Å². The molecule has 1 aromatic carbocycles. The Bertz CT molecular complexity index is 295. The molecule has 0 aromatic heterocycles. The lowest BCUT2D eigenvalue weighted by atomic mass is 9.95. The summed E-state index contributed by atoms with van der Waals surface area (Å²) in [5.74, 6) is 0.847. The predicted molar refractivity (Wildman–Crippen MR) is 56.6 cm³/mol. The highest BCUT2D eigenvalue weighted by Crippen LogP contribution is 2.26. The predicted octanol–water partition coefficient (Wildman–Crippen LogP) is 1.04. The highest BCUT2D eigenvalue weighted by molar-refractivity contribution is 5.41. The lowest BCUT2D eigenvalue weighted by Crippen LogP contribution is -2.17. The first kappa shape index (κ1) is 11.0. The topological polar surface area (TPSA) is 55.5 Å². The van der Waals surface area contributed by atoms with Gasteiger partial charge in [-0.3, -0.25) is 0 Å². The van der Waals surface area contributed by atoms with Crippen LogP contribution >= 0.6 is 0 Å². The molecule has 0 radical (unpaired) electrons. The largest absolute Gasteiger partial charge is 0.496 e. The number of nitrogens with two attached hydrogens (primary N) is 1. The summed E-state index contributed by atoms with van der Waals surface area (Å²) < 4.78 is 5.20. The lowest BCUT2D eigenvalue weighted by molar-refractivity contribution is 0.267. The monoisotopic (exact) mass is 195 g/mol. The van der Waals surface area contributed by atoms with Gasteiger partial charge in [0.1, 0.15) is 5.75 Å². The van der Waals surface area contributed by atoms with Crippen LogP contribution in [0.25, 0.3) is 0 Å². The molecule has 0 saturated carbocycles. The molecule has 78 valence electrons. The molecule has 3 heteroatoms. The maximum absolute atomic E-state index is 9.15. The zero-order valence-corrected chi connectivity index (χ0v) is 8.66. The van der Waals surface area contributed by atoms with Crippen LogP contribution in [-0.2, 0) is 0 Å². The van der Waals surface area contributed by atoms with Crippen molar-refractivity contribution >= 4 is 0 Å². The summed E-state index contributed by atoms with van der Waals surface area (Å²) in [6.07, 6.45) is 0. The van der Waals surface area contributed by atoms with Crippen molar-refractivity contribution in [2.24, 2.45) is 5.73 Å². The average Bonchev–Trinajstić information content (AvgIpc) is 2.22. The second-order valence-corrected chi connectivity index (χ2v) is 3.29. The van der Waals surface area contributed by atoms with Gasteiger partial charge in [-0.2, -0.15) is 0 Å². The standard InChI is InChI=1S/C11H17NO2/c1-8-10(9(6-12)7-13)4-3-5-11(8)14-2/h3-5,9,13H,6-7,12H2,1-2H3. The van der Waals surface area contributed by atoms with Gasteiger partial charge in [-0.1, -0.05) is 12.1 Å². The number of hydrogen-bond donors (Lipinski definition) is 2. The Morgan fingerprint density at radius 1 is 1.50 bits per heavy atom. The quantitative estimate of drug-likeness (QED) is 0.754. The normalized spacial score (nSPS) is 12.6. The summed E-state index contributed by atoms with van der Waals surface area (Å²) in [4.78, 5) is 0. The van der Waals surface area contributed by atoms with E-state index in [1.54, 1.807) is 7.11 Å². The van der Waals surface area contributed by atoms with Gasteiger partial charge in [0.15, 0.2) is 0 Å². The Hall–Kier alpha value is -1.06. The fourth-order valence-electron chi connectivity index (χ4n) is 1.59. The number of aliphatic hydroxyl groups excluding tert-OH is 1. The summed E-state index contributed by atoms with van der Waals surface area (Å²) in [7, 11) is 1.64. The van der Waals surface area contributed by atoms with Crippen LogP contribution in [0.15, 0.2) is 18.2 Å². The van der Waals surface area contributed by atoms with Crippen LogP contribution in [0.4, 0.5) is 0 Å². The second-order valence-electron chi connectivity index (χ2n) is 3.29. The van der Waals surface area contributed by atoms with E-state index in [1.807, 2.05) is 25.1 Å². The van der Waals surface area contributed by atoms with Gasteiger partial charge >= 0.3 is 0 Å². The molecule has 14 heavy (non-hydrogen) atoms. The Balaban J connectivity index is 3.07. The van der Waals surface area contributed by atoms with Gasteiger partial charge in [-0.25, -0.2) is 0 Å². The molecule has 0 heterocycles. The van der Waals surface area contributed by atoms with Crippen LogP contribution in [0.3, 0.4) is 0 Å². The third kappa shape index (κ3) is 2.05. The van der Waals surface area contributed by atoms with E-state index in [2.05, 4.69) is 0 Å². The molecule has 0 fully saturated rings. The first-order chi connectivity index (χ1) is 6.74. The van der Waals surface area contributed by atoms with Crippen molar-refractivity contribution in [1.82, 2.24) is 0 Å². The van der Waals surface area contributed by atoms with Gasteiger partial charge in [0.2, 0.25) is 0 Å². The van der Waals surface area contributed by atoms with Crippen molar-refractivity contribution in [3.05, 3.63) is 29.3 Å². The first-order valence-electron chi connectivity index (χ1n) is 4.69. The molecular weight excluding hydrogens is 178 g/mol. The lowest BCUT2D eigenvalue weighted by Gasteiger charge is -2.16. The Morgan fingerprint density at radius 2 is 2.21 bits per heavy atom. The molecule has 0 amide bonds. The van der Waals surface area contributed by atoms with Crippen LogP contribution in [0.5, 0.6) is 5.75 Å². The molecule has 1 aromatic rings. The van der Waals surface area contributed by atoms with Gasteiger partial charge in [0, 0.05) is 12.5 Å². The highest BCUT2D eigenvalue weighted by atomic mass is 16.5. The first-order valence-corrected chi connectivity index (χ1v) is 4.69. The van der Waals surface area contributed by atoms with Gasteiger partial charge in [0.25, 0.3) is 0 Å². The Kier molecular flexibility index (Phi) is 3.92. The minimum atomic E-state index is 0.00472. The average molecular weight is 195 g/mol. The van der Waals surface area contributed by atoms with Gasteiger partial charge in [-0.15, -0.1) is 0 Å². The highest BCUT2D eigenvalue weighted by Gasteiger charge is 2.12. The molecule has 0 aliphatic rings. The van der Waals surface area contributed by atoms with E-state index < -0.39 is 0 Å². The zero-order valence-electron chi connectivity index (χ0n) is 8.66. The number of benzene rings is 1. The van der Waals surface area contributed by atoms with Crippen LogP contribution in [0, 0.1) is 6.92 Å². The molecule has 0 aliphatic heterocycles. The van der Waals surface area contributed by atoms with E-state index in [-0.39, 0.29) is 12.5 Å². The van der Waals surface area contributed by atoms with Gasteiger partial charge in [-0.05, 0) is 24.1 Å². The van der Waals surface area contributed by atoms with Crippen LogP contribution in [0.1, 0.15) is 17.0 Å². The third-order valence-electron chi connectivity index (χ3n) is 2.49. The summed E-state index contributed by atoms with van der Waals surface area (Å²) >= 11 is 0. The van der Waals surface area contributed by atoms with Crippen molar-refractivity contribution in [3.8, 4) is 5.75 Å². The minimum Gasteiger partial charge on any atom is -0.496 e. The summed E-state index contributed by atoms with van der Waals surface area (Å²) in [6.45, 7) is 2.50. The molecule has 1 rings (SSSR count). The maximum Gasteiger partial charge on any atom is 0.122 e. The SMILES string of the molecule is COc1cccc(C(CN)CO)c1C. The molecular formula is C11H17NO2. The fraction of sp³-hybridized carbons (Fsp3) is 0.455. The maximum atomic E-state index is 9.15. The smallest absolute Gasteiger partial charge is 0.122 e. The van der Waals surface area contributed by atoms with E-state index >= 15 is 0 Å². The van der Waals surface area contributed by atoms with Crippen molar-refractivity contribution in [2.75, 3.05) is 20.3 Å². The third-order valence-corrected chi connectivity index (χ3v) is 2.49. The molecule has 3 N–H and O–H groups in total. The molecule has 1 unspecified atom stereocenters. The molecule has 3 nitrogen and oxygen atoms in total. The minimum absolute atomic E-state index is 0.00472. The second kappa shape index (κ2) is 4.98. The number of hydrogen-bond acceptors (Lipinski definition) is 3. The number of methoxy groups -OCH3 is 1. The molecule has 1 atom stereocenters. The van der Waals surface area contributed by atoms with Crippen LogP contribution < -0.4 is 10.5 Å². The molecule has 0 bridgehead atoms. The summed E-state index contributed by atoms with van der Waals surface area (Å²) in [6, 6.07) is 5.80. The van der Waals surface area contributed by atoms with Gasteiger partial charge in [0.05, 0.1) is 13.7 Å². The number of rotatable bonds is 4. The zero-order chi connectivity index (χ0) is 10.6. The van der Waals surface area contributed by atoms with Crippen molar-refractivity contribution in [3.63, 3.8) is 0 Å².